The van der Waals surface area contributed by atoms with Crippen LogP contribution in [0.4, 0.5) is 0 Å². The molecule has 1 aromatic heterocycles. The summed E-state index contributed by atoms with van der Waals surface area (Å²) in [6.07, 6.45) is 0.896. The second-order valence-corrected chi connectivity index (χ2v) is 6.70. The van der Waals surface area contributed by atoms with Gasteiger partial charge in [0.1, 0.15) is 17.2 Å². The summed E-state index contributed by atoms with van der Waals surface area (Å²) < 4.78 is 21.3. The molecule has 1 N–H and O–H groups in total. The first-order valence-corrected chi connectivity index (χ1v) is 9.67. The first-order valence-electron chi connectivity index (χ1n) is 9.29. The highest BCUT2D eigenvalue weighted by atomic mass is 35.5. The average Bonchev–Trinajstić information content (AvgIpc) is 3.25. The van der Waals surface area contributed by atoms with Crippen molar-refractivity contribution in [2.45, 2.75) is 19.4 Å². The van der Waals surface area contributed by atoms with Gasteiger partial charge in [0, 0.05) is 17.5 Å². The van der Waals surface area contributed by atoms with Gasteiger partial charge in [-0.3, -0.25) is 4.79 Å². The summed E-state index contributed by atoms with van der Waals surface area (Å²) >= 11 is 5.83. The van der Waals surface area contributed by atoms with Crippen LogP contribution in [-0.4, -0.2) is 36.9 Å². The first kappa shape index (κ1) is 21.4. The molecule has 1 amide bonds. The van der Waals surface area contributed by atoms with Crippen LogP contribution in [0, 0.1) is 0 Å². The molecule has 0 unspecified atom stereocenters. The van der Waals surface area contributed by atoms with Crippen molar-refractivity contribution < 1.29 is 23.5 Å². The molecule has 0 atom stereocenters. The fraction of sp³-hybridized carbons (Fsp3) is 0.286. The van der Waals surface area contributed by atoms with Crippen LogP contribution in [0.3, 0.4) is 0 Å². The van der Waals surface area contributed by atoms with Crippen molar-refractivity contribution in [1.82, 2.24) is 15.5 Å². The van der Waals surface area contributed by atoms with E-state index in [9.17, 15) is 4.79 Å². The molecule has 3 aromatic rings. The van der Waals surface area contributed by atoms with Gasteiger partial charge in [-0.1, -0.05) is 16.8 Å². The average molecular weight is 432 g/mol. The van der Waals surface area contributed by atoms with Crippen LogP contribution < -0.4 is 19.5 Å². The lowest BCUT2D eigenvalue weighted by Gasteiger charge is -2.07. The lowest BCUT2D eigenvalue weighted by Crippen LogP contribution is -2.23. The van der Waals surface area contributed by atoms with Crippen LogP contribution in [0.2, 0.25) is 5.02 Å². The van der Waals surface area contributed by atoms with Gasteiger partial charge in [-0.25, -0.2) is 0 Å². The second kappa shape index (κ2) is 10.5. The third-order valence-corrected chi connectivity index (χ3v) is 4.44. The molecule has 2 aromatic carbocycles. The molecule has 0 aliphatic heterocycles. The number of rotatable bonds is 10. The summed E-state index contributed by atoms with van der Waals surface area (Å²) in [6, 6.07) is 12.4. The number of nitrogens with one attached hydrogen (secondary N) is 1. The molecule has 0 saturated heterocycles. The molecule has 3 rings (SSSR count). The quantitative estimate of drug-likeness (QED) is 0.486. The molecule has 0 bridgehead atoms. The van der Waals surface area contributed by atoms with Crippen molar-refractivity contribution >= 4 is 17.5 Å². The molecule has 0 saturated carbocycles. The van der Waals surface area contributed by atoms with Gasteiger partial charge in [0.15, 0.2) is 0 Å². The van der Waals surface area contributed by atoms with Crippen molar-refractivity contribution in [3.8, 4) is 28.6 Å². The number of aromatic nitrogens is 2. The fourth-order valence-electron chi connectivity index (χ4n) is 2.64. The minimum atomic E-state index is -0.128. The second-order valence-electron chi connectivity index (χ2n) is 6.26. The maximum Gasteiger partial charge on any atom is 0.246 e. The Morgan fingerprint density at radius 2 is 1.87 bits per heavy atom. The molecule has 0 spiro atoms. The Hall–Kier alpha value is -3.26. The fourth-order valence-corrected chi connectivity index (χ4v) is 2.76. The van der Waals surface area contributed by atoms with Crippen LogP contribution in [0.25, 0.3) is 11.4 Å². The lowest BCUT2D eigenvalue weighted by molar-refractivity contribution is -0.121. The van der Waals surface area contributed by atoms with Gasteiger partial charge in [0.25, 0.3) is 0 Å². The Labute approximate surface area is 179 Å². The molecule has 9 heteroatoms. The highest BCUT2D eigenvalue weighted by molar-refractivity contribution is 6.30. The Bertz CT molecular complexity index is 975. The molecule has 8 nitrogen and oxygen atoms in total. The van der Waals surface area contributed by atoms with Gasteiger partial charge in [0.2, 0.25) is 17.6 Å². The van der Waals surface area contributed by atoms with Gasteiger partial charge in [-0.15, -0.1) is 0 Å². The van der Waals surface area contributed by atoms with Crippen molar-refractivity contribution in [2.75, 3.05) is 20.8 Å². The Kier molecular flexibility index (Phi) is 7.51. The molecule has 0 radical (unpaired) electrons. The van der Waals surface area contributed by atoms with Crippen LogP contribution in [0.15, 0.2) is 47.0 Å². The molecule has 0 aliphatic rings. The summed E-state index contributed by atoms with van der Waals surface area (Å²) in [5, 5.41) is 7.36. The van der Waals surface area contributed by atoms with Gasteiger partial charge >= 0.3 is 0 Å². The summed E-state index contributed by atoms with van der Waals surface area (Å²) in [5.41, 5.74) is 0.666. The predicted molar refractivity (Wildman–Crippen MR) is 111 cm³/mol. The number of methoxy groups -OCH3 is 2. The van der Waals surface area contributed by atoms with E-state index < -0.39 is 0 Å². The van der Waals surface area contributed by atoms with Crippen molar-refractivity contribution in [1.29, 1.82) is 0 Å². The van der Waals surface area contributed by atoms with Gasteiger partial charge in [0.05, 0.1) is 32.9 Å². The Morgan fingerprint density at radius 1 is 1.10 bits per heavy atom. The van der Waals surface area contributed by atoms with Crippen molar-refractivity contribution in [3.63, 3.8) is 0 Å². The van der Waals surface area contributed by atoms with E-state index in [0.717, 1.165) is 0 Å². The van der Waals surface area contributed by atoms with Crippen molar-refractivity contribution in [3.05, 3.63) is 53.4 Å². The highest BCUT2D eigenvalue weighted by Crippen LogP contribution is 2.31. The zero-order valence-corrected chi connectivity index (χ0v) is 17.4. The molecule has 30 heavy (non-hydrogen) atoms. The van der Waals surface area contributed by atoms with Crippen LogP contribution in [0.1, 0.15) is 18.7 Å². The molecule has 158 valence electrons. The van der Waals surface area contributed by atoms with Crippen molar-refractivity contribution in [2.24, 2.45) is 0 Å². The summed E-state index contributed by atoms with van der Waals surface area (Å²) in [7, 11) is 3.13. The maximum absolute atomic E-state index is 12.0. The zero-order chi connectivity index (χ0) is 21.3. The van der Waals surface area contributed by atoms with E-state index in [2.05, 4.69) is 15.5 Å². The molecule has 0 aliphatic carbocycles. The molecule has 0 fully saturated rings. The third kappa shape index (κ3) is 5.87. The van der Waals surface area contributed by atoms with Gasteiger partial charge in [-0.2, -0.15) is 4.98 Å². The topological polar surface area (TPSA) is 95.7 Å². The minimum Gasteiger partial charge on any atom is -0.497 e. The normalized spacial score (nSPS) is 10.5. The first-order chi connectivity index (χ1) is 14.6. The molecular formula is C21H22ClN3O5. The number of carbonyl (C=O) groups excluding carboxylic acids is 1. The molecule has 1 heterocycles. The number of hydrogen-bond acceptors (Lipinski definition) is 7. The van der Waals surface area contributed by atoms with E-state index in [1.807, 2.05) is 0 Å². The summed E-state index contributed by atoms with van der Waals surface area (Å²) in [6.45, 7) is 0.569. The van der Waals surface area contributed by atoms with Crippen LogP contribution in [0.5, 0.6) is 17.2 Å². The minimum absolute atomic E-state index is 0.128. The van der Waals surface area contributed by atoms with E-state index in [0.29, 0.717) is 59.0 Å². The number of halogens is 1. The van der Waals surface area contributed by atoms with E-state index in [-0.39, 0.29) is 12.5 Å². The highest BCUT2D eigenvalue weighted by Gasteiger charge is 2.15. The molecular weight excluding hydrogens is 410 g/mol. The maximum atomic E-state index is 12.0. The Morgan fingerprint density at radius 3 is 2.60 bits per heavy atom. The summed E-state index contributed by atoms with van der Waals surface area (Å²) in [4.78, 5) is 16.3. The number of ether oxygens (including phenoxy) is 3. The Balaban J connectivity index is 1.45. The zero-order valence-electron chi connectivity index (χ0n) is 16.7. The van der Waals surface area contributed by atoms with E-state index >= 15 is 0 Å². The van der Waals surface area contributed by atoms with E-state index in [1.54, 1.807) is 56.7 Å². The number of benzene rings is 2. The number of nitrogens with zero attached hydrogens (tertiary/aromatic N) is 2. The third-order valence-electron chi connectivity index (χ3n) is 4.19. The largest absolute Gasteiger partial charge is 0.497 e. The monoisotopic (exact) mass is 431 g/mol. The summed E-state index contributed by atoms with van der Waals surface area (Å²) in [5.74, 6) is 2.48. The van der Waals surface area contributed by atoms with E-state index in [1.165, 1.54) is 0 Å². The SMILES string of the molecule is COc1ccc(-c2noc(CNC(=O)CCCOc3ccc(Cl)cc3)n2)c(OC)c1. The van der Waals surface area contributed by atoms with E-state index in [4.69, 9.17) is 30.3 Å². The van der Waals surface area contributed by atoms with Gasteiger partial charge < -0.3 is 24.1 Å². The number of amides is 1. The van der Waals surface area contributed by atoms with Crippen LogP contribution >= 0.6 is 11.6 Å². The van der Waals surface area contributed by atoms with Crippen LogP contribution in [-0.2, 0) is 11.3 Å². The number of hydrogen-bond donors (Lipinski definition) is 1. The number of carbonyl (C=O) groups is 1. The predicted octanol–water partition coefficient (Wildman–Crippen LogP) is 3.88. The van der Waals surface area contributed by atoms with Gasteiger partial charge in [-0.05, 0) is 42.8 Å². The standard InChI is InChI=1S/C21H22ClN3O5/c1-27-16-9-10-17(18(12-16)28-2)21-24-20(30-25-21)13-23-19(26)4-3-11-29-15-7-5-14(22)6-8-15/h5-10,12H,3-4,11,13H2,1-2H3,(H,23,26). The lowest BCUT2D eigenvalue weighted by atomic mass is 10.2. The smallest absolute Gasteiger partial charge is 0.246 e.